The summed E-state index contributed by atoms with van der Waals surface area (Å²) in [6.45, 7) is 5.09. The fourth-order valence-corrected chi connectivity index (χ4v) is 4.75. The highest BCUT2D eigenvalue weighted by atomic mass is 16.5. The largest absolute Gasteiger partial charge is 0.457 e. The first-order chi connectivity index (χ1) is 17.9. The third-order valence-corrected chi connectivity index (χ3v) is 6.61. The maximum Gasteiger partial charge on any atom is 0.251 e. The molecule has 0 bridgehead atoms. The Balaban J connectivity index is 1.38. The molecule has 0 aliphatic carbocycles. The molecule has 0 saturated carbocycles. The quantitative estimate of drug-likeness (QED) is 0.385. The Kier molecular flexibility index (Phi) is 7.05. The molecule has 1 amide bonds. The number of carbonyl (C=O) groups excluding carboxylic acids is 1. The van der Waals surface area contributed by atoms with E-state index in [0.29, 0.717) is 47.9 Å². The average Bonchev–Trinajstić information content (AvgIpc) is 3.34. The first-order valence-corrected chi connectivity index (χ1v) is 12.7. The summed E-state index contributed by atoms with van der Waals surface area (Å²) in [6.07, 6.45) is 2.83. The van der Waals surface area contributed by atoms with Crippen molar-refractivity contribution in [3.05, 3.63) is 60.8 Å². The van der Waals surface area contributed by atoms with Crippen molar-refractivity contribution in [2.24, 2.45) is 5.92 Å². The molecule has 192 valence electrons. The van der Waals surface area contributed by atoms with Crippen LogP contribution in [0.4, 0.5) is 5.82 Å². The van der Waals surface area contributed by atoms with Crippen molar-refractivity contribution in [3.63, 3.8) is 0 Å². The lowest BCUT2D eigenvalue weighted by atomic mass is 10.0. The molecular weight excluding hydrogens is 468 g/mol. The minimum Gasteiger partial charge on any atom is -0.457 e. The molecule has 1 aliphatic heterocycles. The van der Waals surface area contributed by atoms with Gasteiger partial charge in [-0.1, -0.05) is 32.0 Å². The number of rotatable bonds is 7. The van der Waals surface area contributed by atoms with E-state index in [4.69, 9.17) is 15.5 Å². The van der Waals surface area contributed by atoms with Crippen LogP contribution in [0.15, 0.2) is 60.8 Å². The van der Waals surface area contributed by atoms with E-state index in [1.807, 2.05) is 73.1 Å². The number of aliphatic hydroxyl groups is 1. The Bertz CT molecular complexity index is 1370. The lowest BCUT2D eigenvalue weighted by Gasteiger charge is -2.34. The molecule has 2 aromatic carbocycles. The van der Waals surface area contributed by atoms with Gasteiger partial charge < -0.3 is 20.5 Å². The number of para-hydroxylation sites is 1. The number of aliphatic hydroxyl groups excluding tert-OH is 1. The van der Waals surface area contributed by atoms with Gasteiger partial charge in [0, 0.05) is 18.7 Å². The highest BCUT2D eigenvalue weighted by molar-refractivity contribution is 5.87. The Morgan fingerprint density at radius 3 is 2.57 bits per heavy atom. The Morgan fingerprint density at radius 2 is 1.84 bits per heavy atom. The van der Waals surface area contributed by atoms with Crippen molar-refractivity contribution >= 4 is 22.8 Å². The number of hydrogen-bond acceptors (Lipinski definition) is 7. The number of aromatic nitrogens is 4. The molecule has 2 atom stereocenters. The number of carbonyl (C=O) groups is 1. The monoisotopic (exact) mass is 500 g/mol. The summed E-state index contributed by atoms with van der Waals surface area (Å²) < 4.78 is 7.73. The molecule has 3 N–H and O–H groups in total. The average molecular weight is 501 g/mol. The van der Waals surface area contributed by atoms with Crippen LogP contribution < -0.4 is 10.5 Å². The van der Waals surface area contributed by atoms with Crippen molar-refractivity contribution in [1.29, 1.82) is 0 Å². The van der Waals surface area contributed by atoms with E-state index >= 15 is 0 Å². The fraction of sp³-hybridized carbons (Fsp3) is 0.357. The van der Waals surface area contributed by atoms with Gasteiger partial charge in [0.15, 0.2) is 11.5 Å². The smallest absolute Gasteiger partial charge is 0.251 e. The number of fused-ring (bicyclic) bond motifs is 1. The second-order valence-corrected chi connectivity index (χ2v) is 9.92. The summed E-state index contributed by atoms with van der Waals surface area (Å²) >= 11 is 0. The maximum atomic E-state index is 12.8. The van der Waals surface area contributed by atoms with Gasteiger partial charge in [0.25, 0.3) is 5.91 Å². The normalized spacial score (nSPS) is 16.8. The highest BCUT2D eigenvalue weighted by Crippen LogP contribution is 2.30. The summed E-state index contributed by atoms with van der Waals surface area (Å²) in [5, 5.41) is 15.6. The Morgan fingerprint density at radius 1 is 1.11 bits per heavy atom. The van der Waals surface area contributed by atoms with Gasteiger partial charge in [0.2, 0.25) is 0 Å². The number of hydrogen-bond donors (Lipinski definition) is 2. The van der Waals surface area contributed by atoms with E-state index in [1.165, 1.54) is 0 Å². The van der Waals surface area contributed by atoms with Gasteiger partial charge in [-0.15, -0.1) is 0 Å². The van der Waals surface area contributed by atoms with Crippen molar-refractivity contribution in [1.82, 2.24) is 24.6 Å². The number of ether oxygens (including phenoxy) is 1. The molecule has 9 nitrogen and oxygen atoms in total. The molecule has 0 unspecified atom stereocenters. The van der Waals surface area contributed by atoms with E-state index < -0.39 is 6.10 Å². The molecule has 2 aromatic heterocycles. The number of likely N-dealkylation sites (tertiary alicyclic amines) is 1. The summed E-state index contributed by atoms with van der Waals surface area (Å²) in [5.74, 6) is 2.34. The molecule has 3 heterocycles. The van der Waals surface area contributed by atoms with Gasteiger partial charge in [-0.3, -0.25) is 4.79 Å². The van der Waals surface area contributed by atoms with Gasteiger partial charge in [-0.25, -0.2) is 14.6 Å². The minimum atomic E-state index is -0.980. The third kappa shape index (κ3) is 5.41. The summed E-state index contributed by atoms with van der Waals surface area (Å²) in [5.41, 5.74) is 7.74. The zero-order valence-electron chi connectivity index (χ0n) is 21.1. The zero-order chi connectivity index (χ0) is 25.9. The van der Waals surface area contributed by atoms with Crippen LogP contribution in [0.3, 0.4) is 0 Å². The van der Waals surface area contributed by atoms with E-state index in [1.54, 1.807) is 11.1 Å². The van der Waals surface area contributed by atoms with Crippen LogP contribution >= 0.6 is 0 Å². The van der Waals surface area contributed by atoms with Crippen LogP contribution in [0, 0.1) is 5.92 Å². The first kappa shape index (κ1) is 24.7. The number of amides is 1. The van der Waals surface area contributed by atoms with Gasteiger partial charge in [-0.05, 0) is 61.6 Å². The third-order valence-electron chi connectivity index (χ3n) is 6.61. The van der Waals surface area contributed by atoms with Gasteiger partial charge in [-0.2, -0.15) is 5.10 Å². The first-order valence-electron chi connectivity index (χ1n) is 12.7. The summed E-state index contributed by atoms with van der Waals surface area (Å²) in [6, 6.07) is 17.1. The minimum absolute atomic E-state index is 0.0646. The predicted octanol–water partition coefficient (Wildman–Crippen LogP) is 4.44. The van der Waals surface area contributed by atoms with Crippen molar-refractivity contribution < 1.29 is 14.6 Å². The van der Waals surface area contributed by atoms with Gasteiger partial charge in [0.1, 0.15) is 23.4 Å². The van der Waals surface area contributed by atoms with E-state index in [2.05, 4.69) is 10.1 Å². The van der Waals surface area contributed by atoms with Crippen LogP contribution in [0.2, 0.25) is 0 Å². The van der Waals surface area contributed by atoms with Gasteiger partial charge >= 0.3 is 0 Å². The van der Waals surface area contributed by atoms with Crippen LogP contribution in [0.1, 0.15) is 39.2 Å². The van der Waals surface area contributed by atoms with Gasteiger partial charge in [0.05, 0.1) is 17.6 Å². The summed E-state index contributed by atoms with van der Waals surface area (Å²) in [7, 11) is 0. The number of benzene rings is 2. The predicted molar refractivity (Wildman–Crippen MR) is 142 cm³/mol. The SMILES string of the molecule is CC(C)C[C@@H](O)C(=O)N1CCC[C@@H](n2ncc3c(N)nc(-c4ccc(Oc5ccccc5)cc4)nc32)C1. The topological polar surface area (TPSA) is 119 Å². The van der Waals surface area contributed by atoms with Crippen LogP contribution in [-0.2, 0) is 4.79 Å². The second-order valence-electron chi connectivity index (χ2n) is 9.92. The Labute approximate surface area is 215 Å². The van der Waals surface area contributed by atoms with Crippen LogP contribution in [0.25, 0.3) is 22.4 Å². The second kappa shape index (κ2) is 10.6. The number of nitrogens with two attached hydrogens (primary N) is 1. The van der Waals surface area contributed by atoms with Crippen LogP contribution in [-0.4, -0.2) is 54.9 Å². The maximum absolute atomic E-state index is 12.8. The molecule has 5 rings (SSSR count). The number of nitrogens with zero attached hydrogens (tertiary/aromatic N) is 5. The standard InChI is InChI=1S/C28H32N6O3/c1-18(2)15-24(35)28(36)33-14-6-7-20(17-33)34-27-23(16-30-34)25(29)31-26(32-27)19-10-12-22(13-11-19)37-21-8-4-3-5-9-21/h3-5,8-13,16,18,20,24,35H,6-7,14-15,17H2,1-2H3,(H2,29,31,32)/t20-,24-/m1/s1. The number of nitrogen functional groups attached to an aromatic ring is 1. The lowest BCUT2D eigenvalue weighted by Crippen LogP contribution is -2.45. The zero-order valence-corrected chi connectivity index (χ0v) is 21.1. The molecular formula is C28H32N6O3. The van der Waals surface area contributed by atoms with Crippen molar-refractivity contribution in [2.45, 2.75) is 45.3 Å². The molecule has 1 fully saturated rings. The summed E-state index contributed by atoms with van der Waals surface area (Å²) in [4.78, 5) is 23.9. The molecule has 0 radical (unpaired) electrons. The molecule has 1 saturated heterocycles. The van der Waals surface area contributed by atoms with E-state index in [0.717, 1.165) is 24.2 Å². The van der Waals surface area contributed by atoms with Crippen molar-refractivity contribution in [2.75, 3.05) is 18.8 Å². The molecule has 1 aliphatic rings. The lowest BCUT2D eigenvalue weighted by molar-refractivity contribution is -0.142. The number of anilines is 1. The highest BCUT2D eigenvalue weighted by Gasteiger charge is 2.30. The fourth-order valence-electron chi connectivity index (χ4n) is 4.75. The van der Waals surface area contributed by atoms with E-state index in [-0.39, 0.29) is 17.9 Å². The van der Waals surface area contributed by atoms with E-state index in [9.17, 15) is 9.90 Å². The Hall–Kier alpha value is -3.98. The number of piperidine rings is 1. The molecule has 4 aromatic rings. The molecule has 9 heteroatoms. The van der Waals surface area contributed by atoms with Crippen LogP contribution in [0.5, 0.6) is 11.5 Å². The molecule has 37 heavy (non-hydrogen) atoms. The van der Waals surface area contributed by atoms with Crippen molar-refractivity contribution in [3.8, 4) is 22.9 Å². The molecule has 0 spiro atoms.